The van der Waals surface area contributed by atoms with E-state index in [-0.39, 0.29) is 18.3 Å². The van der Waals surface area contributed by atoms with E-state index in [9.17, 15) is 4.79 Å². The van der Waals surface area contributed by atoms with Crippen molar-refractivity contribution in [2.45, 2.75) is 57.9 Å². The molecule has 0 atom stereocenters. The summed E-state index contributed by atoms with van der Waals surface area (Å²) in [7, 11) is 0. The molecule has 3 rings (SSSR count). The first-order chi connectivity index (χ1) is 12.8. The second kappa shape index (κ2) is 9.35. The van der Waals surface area contributed by atoms with E-state index in [4.69, 9.17) is 10.5 Å². The van der Waals surface area contributed by atoms with E-state index >= 15 is 0 Å². The quantitative estimate of drug-likeness (QED) is 0.715. The highest BCUT2D eigenvalue weighted by Crippen LogP contribution is 2.34. The Balaban J connectivity index is 0.00000280. The van der Waals surface area contributed by atoms with Crippen LogP contribution in [0.2, 0.25) is 0 Å². The van der Waals surface area contributed by atoms with Crippen molar-refractivity contribution in [2.24, 2.45) is 5.73 Å². The molecule has 0 spiro atoms. The van der Waals surface area contributed by atoms with Crippen molar-refractivity contribution >= 4 is 34.8 Å². The molecule has 0 saturated carbocycles. The maximum Gasteiger partial charge on any atom is 0.246 e. The predicted octanol–water partition coefficient (Wildman–Crippen LogP) is 4.93. The van der Waals surface area contributed by atoms with Crippen molar-refractivity contribution in [3.8, 4) is 11.3 Å². The zero-order valence-electron chi connectivity index (χ0n) is 17.0. The van der Waals surface area contributed by atoms with Crippen molar-refractivity contribution in [3.05, 3.63) is 34.7 Å². The van der Waals surface area contributed by atoms with Gasteiger partial charge in [0.2, 0.25) is 5.91 Å². The fourth-order valence-corrected chi connectivity index (χ4v) is 4.00. The molecular formula is C21H30ClN3O2S. The Bertz CT molecular complexity index is 814. The smallest absolute Gasteiger partial charge is 0.246 e. The summed E-state index contributed by atoms with van der Waals surface area (Å²) in [4.78, 5) is 17.3. The fraction of sp³-hybridized carbons (Fsp3) is 0.524. The van der Waals surface area contributed by atoms with Gasteiger partial charge < -0.3 is 15.8 Å². The Morgan fingerprint density at radius 2 is 1.89 bits per heavy atom. The summed E-state index contributed by atoms with van der Waals surface area (Å²) in [5, 5.41) is 5.50. The van der Waals surface area contributed by atoms with Gasteiger partial charge in [-0.15, -0.1) is 23.7 Å². The van der Waals surface area contributed by atoms with E-state index in [2.05, 4.69) is 56.2 Å². The minimum atomic E-state index is -0.869. The molecule has 1 aromatic carbocycles. The Morgan fingerprint density at radius 1 is 1.21 bits per heavy atom. The van der Waals surface area contributed by atoms with Crippen LogP contribution in [0.25, 0.3) is 11.3 Å². The minimum absolute atomic E-state index is 0. The van der Waals surface area contributed by atoms with Crippen molar-refractivity contribution in [1.82, 2.24) is 4.98 Å². The van der Waals surface area contributed by atoms with E-state index in [0.717, 1.165) is 11.3 Å². The molecule has 3 N–H and O–H groups in total. The number of thiazole rings is 1. The fourth-order valence-electron chi connectivity index (χ4n) is 3.29. The topological polar surface area (TPSA) is 77.2 Å². The normalized spacial score (nSPS) is 16.1. The third-order valence-corrected chi connectivity index (χ3v) is 5.96. The van der Waals surface area contributed by atoms with Crippen LogP contribution in [0.1, 0.15) is 63.5 Å². The molecule has 7 heteroatoms. The van der Waals surface area contributed by atoms with Crippen LogP contribution in [-0.2, 0) is 9.53 Å². The molecule has 2 heterocycles. The summed E-state index contributed by atoms with van der Waals surface area (Å²) in [6.45, 7) is 9.84. The monoisotopic (exact) mass is 423 g/mol. The van der Waals surface area contributed by atoms with Gasteiger partial charge in [-0.05, 0) is 35.8 Å². The zero-order chi connectivity index (χ0) is 19.6. The number of nitrogens with zero attached hydrogens (tertiary/aromatic N) is 1. The molecule has 0 radical (unpaired) electrons. The van der Waals surface area contributed by atoms with Crippen molar-refractivity contribution in [3.63, 3.8) is 0 Å². The molecule has 154 valence electrons. The molecule has 2 aromatic rings. The van der Waals surface area contributed by atoms with Gasteiger partial charge in [-0.2, -0.15) is 0 Å². The van der Waals surface area contributed by atoms with Crippen LogP contribution in [0.4, 0.5) is 5.13 Å². The van der Waals surface area contributed by atoms with E-state index in [1.54, 1.807) is 0 Å². The number of amides is 1. The van der Waals surface area contributed by atoms with Gasteiger partial charge in [0.25, 0.3) is 0 Å². The number of carbonyl (C=O) groups excluding carboxylic acids is 1. The Hall–Kier alpha value is -1.47. The van der Waals surface area contributed by atoms with Crippen LogP contribution in [0.5, 0.6) is 0 Å². The first-order valence-corrected chi connectivity index (χ1v) is 10.5. The summed E-state index contributed by atoms with van der Waals surface area (Å²) in [6, 6.07) is 6.59. The van der Waals surface area contributed by atoms with Crippen LogP contribution in [0.3, 0.4) is 0 Å². The average Bonchev–Trinajstić information content (AvgIpc) is 3.10. The second-order valence-corrected chi connectivity index (χ2v) is 8.77. The maximum absolute atomic E-state index is 12.6. The zero-order valence-corrected chi connectivity index (χ0v) is 18.6. The van der Waals surface area contributed by atoms with Gasteiger partial charge in [0.1, 0.15) is 5.54 Å². The lowest BCUT2D eigenvalue weighted by Gasteiger charge is -2.31. The molecule has 0 aliphatic carbocycles. The molecule has 1 fully saturated rings. The number of ether oxygens (including phenoxy) is 1. The summed E-state index contributed by atoms with van der Waals surface area (Å²) < 4.78 is 5.32. The lowest BCUT2D eigenvalue weighted by molar-refractivity contribution is -0.124. The van der Waals surface area contributed by atoms with Gasteiger partial charge in [-0.1, -0.05) is 45.9 Å². The molecule has 28 heavy (non-hydrogen) atoms. The molecule has 0 unspecified atom stereocenters. The van der Waals surface area contributed by atoms with E-state index in [1.807, 2.05) is 5.38 Å². The van der Waals surface area contributed by atoms with Gasteiger partial charge in [0, 0.05) is 24.2 Å². The number of aromatic nitrogens is 1. The number of nitrogens with two attached hydrogens (primary N) is 1. The summed E-state index contributed by atoms with van der Waals surface area (Å²) >= 11 is 1.44. The van der Waals surface area contributed by atoms with Gasteiger partial charge in [-0.25, -0.2) is 4.98 Å². The molecule has 1 aliphatic heterocycles. The summed E-state index contributed by atoms with van der Waals surface area (Å²) in [6.07, 6.45) is 1.07. The standard InChI is InChI=1S/C21H29N3O2S.ClH/c1-13(2)15-5-6-16(17(11-15)14(3)4)18-12-27-20(23-18)24-19(25)21(22)7-9-26-10-8-21;/h5-6,11-14H,7-10,22H2,1-4H3,(H,23,24,25);1H. The Labute approximate surface area is 177 Å². The Kier molecular flexibility index (Phi) is 7.62. The molecule has 1 aliphatic rings. The summed E-state index contributed by atoms with van der Waals surface area (Å²) in [5.41, 5.74) is 10.0. The lowest BCUT2D eigenvalue weighted by Crippen LogP contribution is -2.54. The first-order valence-electron chi connectivity index (χ1n) is 9.58. The van der Waals surface area contributed by atoms with E-state index in [0.29, 0.717) is 43.0 Å². The highest BCUT2D eigenvalue weighted by atomic mass is 35.5. The first kappa shape index (κ1) is 22.8. The van der Waals surface area contributed by atoms with Crippen LogP contribution < -0.4 is 11.1 Å². The second-order valence-electron chi connectivity index (χ2n) is 7.92. The molecule has 1 saturated heterocycles. The van der Waals surface area contributed by atoms with E-state index < -0.39 is 5.54 Å². The highest BCUT2D eigenvalue weighted by Gasteiger charge is 2.36. The Morgan fingerprint density at radius 3 is 2.50 bits per heavy atom. The van der Waals surface area contributed by atoms with E-state index in [1.165, 1.54) is 22.5 Å². The molecule has 1 amide bonds. The number of benzene rings is 1. The number of hydrogen-bond donors (Lipinski definition) is 2. The molecule has 5 nitrogen and oxygen atoms in total. The number of nitrogens with one attached hydrogen (secondary N) is 1. The predicted molar refractivity (Wildman–Crippen MR) is 119 cm³/mol. The highest BCUT2D eigenvalue weighted by molar-refractivity contribution is 7.14. The number of halogens is 1. The van der Waals surface area contributed by atoms with Gasteiger partial charge in [0.15, 0.2) is 5.13 Å². The number of carbonyl (C=O) groups is 1. The van der Waals surface area contributed by atoms with Crippen molar-refractivity contribution in [2.75, 3.05) is 18.5 Å². The summed E-state index contributed by atoms with van der Waals surface area (Å²) in [5.74, 6) is 0.709. The molecule has 1 aromatic heterocycles. The van der Waals surface area contributed by atoms with Gasteiger partial charge >= 0.3 is 0 Å². The SMILES string of the molecule is CC(C)c1ccc(-c2csc(NC(=O)C3(N)CCOCC3)n2)c(C(C)C)c1.Cl. The lowest BCUT2D eigenvalue weighted by atomic mass is 9.90. The van der Waals surface area contributed by atoms with Crippen LogP contribution in [0, 0.1) is 0 Å². The van der Waals surface area contributed by atoms with Crippen LogP contribution in [0.15, 0.2) is 23.6 Å². The third kappa shape index (κ3) is 4.92. The largest absolute Gasteiger partial charge is 0.381 e. The van der Waals surface area contributed by atoms with Crippen LogP contribution >= 0.6 is 23.7 Å². The van der Waals surface area contributed by atoms with Crippen LogP contribution in [-0.4, -0.2) is 29.6 Å². The van der Waals surface area contributed by atoms with Crippen molar-refractivity contribution in [1.29, 1.82) is 0 Å². The number of hydrogen-bond acceptors (Lipinski definition) is 5. The molecular weight excluding hydrogens is 394 g/mol. The van der Waals surface area contributed by atoms with Crippen molar-refractivity contribution < 1.29 is 9.53 Å². The molecule has 0 bridgehead atoms. The number of anilines is 1. The third-order valence-electron chi connectivity index (χ3n) is 5.20. The maximum atomic E-state index is 12.6. The van der Waals surface area contributed by atoms with Gasteiger partial charge in [0.05, 0.1) is 5.69 Å². The number of rotatable bonds is 5. The average molecular weight is 424 g/mol. The van der Waals surface area contributed by atoms with Gasteiger partial charge in [-0.3, -0.25) is 4.79 Å². The minimum Gasteiger partial charge on any atom is -0.381 e.